The van der Waals surface area contributed by atoms with Crippen LogP contribution in [-0.2, 0) is 11.3 Å². The Kier molecular flexibility index (Phi) is 3.05. The SMILES string of the molecule is CCn1cc(C=CC(=O)Cl)cn1. The van der Waals surface area contributed by atoms with Gasteiger partial charge in [0.2, 0.25) is 5.24 Å². The molecular formula is C8H9ClN2O. The lowest BCUT2D eigenvalue weighted by atomic mass is 10.3. The number of carbonyl (C=O) groups excluding carboxylic acids is 1. The van der Waals surface area contributed by atoms with Crippen LogP contribution in [0, 0.1) is 0 Å². The maximum Gasteiger partial charge on any atom is 0.245 e. The highest BCUT2D eigenvalue weighted by Crippen LogP contribution is 2.00. The largest absolute Gasteiger partial charge is 0.276 e. The van der Waals surface area contributed by atoms with Crippen molar-refractivity contribution >= 4 is 22.9 Å². The molecular weight excluding hydrogens is 176 g/mol. The van der Waals surface area contributed by atoms with Gasteiger partial charge in [0.1, 0.15) is 0 Å². The van der Waals surface area contributed by atoms with E-state index in [9.17, 15) is 4.79 Å². The molecule has 0 radical (unpaired) electrons. The first-order valence-corrected chi connectivity index (χ1v) is 4.00. The van der Waals surface area contributed by atoms with Crippen LogP contribution in [0.5, 0.6) is 0 Å². The standard InChI is InChI=1S/C8H9ClN2O/c1-2-11-6-7(5-10-11)3-4-8(9)12/h3-6H,2H2,1H3. The monoisotopic (exact) mass is 184 g/mol. The summed E-state index contributed by atoms with van der Waals surface area (Å²) in [7, 11) is 0. The number of nitrogens with zero attached hydrogens (tertiary/aromatic N) is 2. The van der Waals surface area contributed by atoms with Gasteiger partial charge in [-0.2, -0.15) is 5.10 Å². The first-order chi connectivity index (χ1) is 5.72. The Labute approximate surface area is 75.6 Å². The highest BCUT2D eigenvalue weighted by atomic mass is 35.5. The number of carbonyl (C=O) groups is 1. The summed E-state index contributed by atoms with van der Waals surface area (Å²) in [5.74, 6) is 0. The topological polar surface area (TPSA) is 34.9 Å². The van der Waals surface area contributed by atoms with Crippen LogP contribution in [0.3, 0.4) is 0 Å². The van der Waals surface area contributed by atoms with Crippen LogP contribution in [0.25, 0.3) is 6.08 Å². The molecule has 0 aliphatic rings. The zero-order valence-electron chi connectivity index (χ0n) is 6.70. The zero-order chi connectivity index (χ0) is 8.97. The van der Waals surface area contributed by atoms with E-state index < -0.39 is 5.24 Å². The van der Waals surface area contributed by atoms with Gasteiger partial charge in [-0.3, -0.25) is 9.48 Å². The fraction of sp³-hybridized carbons (Fsp3) is 0.250. The Morgan fingerprint density at radius 2 is 2.58 bits per heavy atom. The molecule has 0 saturated carbocycles. The average molecular weight is 185 g/mol. The molecule has 64 valence electrons. The summed E-state index contributed by atoms with van der Waals surface area (Å²) >= 11 is 5.12. The molecule has 3 nitrogen and oxygen atoms in total. The van der Waals surface area contributed by atoms with Crippen molar-refractivity contribution in [3.05, 3.63) is 24.0 Å². The Hall–Kier alpha value is -1.09. The summed E-state index contributed by atoms with van der Waals surface area (Å²) < 4.78 is 1.78. The predicted molar refractivity (Wildman–Crippen MR) is 47.8 cm³/mol. The van der Waals surface area contributed by atoms with E-state index in [1.165, 1.54) is 6.08 Å². The molecule has 0 aliphatic carbocycles. The third kappa shape index (κ3) is 2.51. The second-order valence-corrected chi connectivity index (χ2v) is 2.64. The van der Waals surface area contributed by atoms with Gasteiger partial charge in [-0.15, -0.1) is 0 Å². The molecule has 0 saturated heterocycles. The highest BCUT2D eigenvalue weighted by molar-refractivity contribution is 6.66. The Balaban J connectivity index is 2.70. The van der Waals surface area contributed by atoms with Crippen molar-refractivity contribution in [3.63, 3.8) is 0 Å². The van der Waals surface area contributed by atoms with Crippen molar-refractivity contribution in [3.8, 4) is 0 Å². The summed E-state index contributed by atoms with van der Waals surface area (Å²) in [5.41, 5.74) is 0.880. The van der Waals surface area contributed by atoms with Crippen LogP contribution >= 0.6 is 11.6 Å². The molecule has 0 unspecified atom stereocenters. The summed E-state index contributed by atoms with van der Waals surface area (Å²) in [5, 5.41) is 3.55. The number of aromatic nitrogens is 2. The van der Waals surface area contributed by atoms with Crippen molar-refractivity contribution in [2.75, 3.05) is 0 Å². The van der Waals surface area contributed by atoms with Crippen LogP contribution < -0.4 is 0 Å². The van der Waals surface area contributed by atoms with Crippen LogP contribution in [-0.4, -0.2) is 15.0 Å². The Morgan fingerprint density at radius 3 is 3.08 bits per heavy atom. The number of rotatable bonds is 3. The fourth-order valence-electron chi connectivity index (χ4n) is 0.800. The van der Waals surface area contributed by atoms with Gasteiger partial charge in [0.15, 0.2) is 0 Å². The third-order valence-electron chi connectivity index (χ3n) is 1.38. The first-order valence-electron chi connectivity index (χ1n) is 3.62. The quantitative estimate of drug-likeness (QED) is 0.529. The molecule has 0 N–H and O–H groups in total. The number of allylic oxidation sites excluding steroid dienone is 1. The zero-order valence-corrected chi connectivity index (χ0v) is 7.45. The molecule has 1 rings (SSSR count). The van der Waals surface area contributed by atoms with Gasteiger partial charge in [-0.25, -0.2) is 0 Å². The minimum atomic E-state index is -0.473. The molecule has 0 bridgehead atoms. The van der Waals surface area contributed by atoms with Crippen LogP contribution in [0.1, 0.15) is 12.5 Å². The van der Waals surface area contributed by atoms with Crippen molar-refractivity contribution in [1.29, 1.82) is 0 Å². The lowest BCUT2D eigenvalue weighted by Crippen LogP contribution is -1.91. The molecule has 1 heterocycles. The smallest absolute Gasteiger partial charge is 0.245 e. The number of aryl methyl sites for hydroxylation is 1. The van der Waals surface area contributed by atoms with E-state index in [1.807, 2.05) is 13.1 Å². The summed E-state index contributed by atoms with van der Waals surface area (Å²) in [6.07, 6.45) is 6.46. The minimum Gasteiger partial charge on any atom is -0.276 e. The van der Waals surface area contributed by atoms with E-state index in [2.05, 4.69) is 5.10 Å². The van der Waals surface area contributed by atoms with E-state index in [1.54, 1.807) is 17.0 Å². The van der Waals surface area contributed by atoms with Gasteiger partial charge in [0.05, 0.1) is 6.20 Å². The Bertz CT molecular complexity index is 304. The molecule has 0 aliphatic heterocycles. The van der Waals surface area contributed by atoms with Crippen molar-refractivity contribution in [2.24, 2.45) is 0 Å². The Morgan fingerprint density at radius 1 is 1.83 bits per heavy atom. The van der Waals surface area contributed by atoms with E-state index in [0.29, 0.717) is 0 Å². The van der Waals surface area contributed by atoms with Gasteiger partial charge < -0.3 is 0 Å². The molecule has 1 aromatic rings. The first kappa shape index (κ1) is 9.00. The van der Waals surface area contributed by atoms with Crippen molar-refractivity contribution in [1.82, 2.24) is 9.78 Å². The van der Waals surface area contributed by atoms with E-state index in [4.69, 9.17) is 11.6 Å². The molecule has 0 aromatic carbocycles. The molecule has 12 heavy (non-hydrogen) atoms. The molecule has 0 atom stereocenters. The van der Waals surface area contributed by atoms with Gasteiger partial charge >= 0.3 is 0 Å². The molecule has 1 aromatic heterocycles. The van der Waals surface area contributed by atoms with Gasteiger partial charge in [-0.1, -0.05) is 0 Å². The molecule has 0 fully saturated rings. The lowest BCUT2D eigenvalue weighted by molar-refractivity contribution is -0.107. The number of halogens is 1. The second-order valence-electron chi connectivity index (χ2n) is 2.27. The second kappa shape index (κ2) is 4.07. The van der Waals surface area contributed by atoms with E-state index in [-0.39, 0.29) is 0 Å². The lowest BCUT2D eigenvalue weighted by Gasteiger charge is -1.88. The summed E-state index contributed by atoms with van der Waals surface area (Å²) in [4.78, 5) is 10.3. The third-order valence-corrected chi connectivity index (χ3v) is 1.51. The van der Waals surface area contributed by atoms with Crippen LogP contribution in [0.15, 0.2) is 18.5 Å². The summed E-state index contributed by atoms with van der Waals surface area (Å²) in [6.45, 7) is 2.82. The van der Waals surface area contributed by atoms with E-state index >= 15 is 0 Å². The average Bonchev–Trinajstić information content (AvgIpc) is 2.48. The number of hydrogen-bond donors (Lipinski definition) is 0. The molecule has 0 amide bonds. The summed E-state index contributed by atoms with van der Waals surface area (Å²) in [6, 6.07) is 0. The highest BCUT2D eigenvalue weighted by Gasteiger charge is 1.92. The molecule has 4 heteroatoms. The normalized spacial score (nSPS) is 10.8. The van der Waals surface area contributed by atoms with Crippen molar-refractivity contribution in [2.45, 2.75) is 13.5 Å². The maximum atomic E-state index is 10.3. The van der Waals surface area contributed by atoms with Crippen LogP contribution in [0.2, 0.25) is 0 Å². The van der Waals surface area contributed by atoms with E-state index in [0.717, 1.165) is 12.1 Å². The van der Waals surface area contributed by atoms with Gasteiger partial charge in [0, 0.05) is 18.3 Å². The predicted octanol–water partition coefficient (Wildman–Crippen LogP) is 1.68. The minimum absolute atomic E-state index is 0.473. The van der Waals surface area contributed by atoms with Crippen LogP contribution in [0.4, 0.5) is 0 Å². The van der Waals surface area contributed by atoms with Crippen molar-refractivity contribution < 1.29 is 4.79 Å². The van der Waals surface area contributed by atoms with Gasteiger partial charge in [-0.05, 0) is 30.7 Å². The van der Waals surface area contributed by atoms with Gasteiger partial charge in [0.25, 0.3) is 0 Å². The maximum absolute atomic E-state index is 10.3. The molecule has 0 spiro atoms. The number of hydrogen-bond acceptors (Lipinski definition) is 2. The fourth-order valence-corrected chi connectivity index (χ4v) is 0.863.